The third-order valence-corrected chi connectivity index (χ3v) is 4.90. The summed E-state index contributed by atoms with van der Waals surface area (Å²) in [6.45, 7) is 2.01. The van der Waals surface area contributed by atoms with Crippen LogP contribution in [0.15, 0.2) is 0 Å². The van der Waals surface area contributed by atoms with Gasteiger partial charge < -0.3 is 10.0 Å². The number of hydrogen-bond acceptors (Lipinski definition) is 2. The molecule has 2 nitrogen and oxygen atoms in total. The van der Waals surface area contributed by atoms with Crippen LogP contribution in [0.3, 0.4) is 0 Å². The number of nitrogens with zero attached hydrogens (tertiary/aromatic N) is 1. The van der Waals surface area contributed by atoms with Crippen LogP contribution in [-0.4, -0.2) is 35.7 Å². The molecule has 3 rings (SSSR count). The minimum Gasteiger partial charge on any atom is -0.388 e. The maximum atomic E-state index is 10.6. The molecule has 0 amide bonds. The van der Waals surface area contributed by atoms with Crippen molar-refractivity contribution in [2.24, 2.45) is 17.8 Å². The number of β-amino-alcohol motifs (C(OH)–C–C–N with tert-alkyl or cyclic N) is 1. The second-order valence-corrected chi connectivity index (χ2v) is 5.87. The molecule has 3 aliphatic rings. The zero-order valence-electron chi connectivity index (χ0n) is 9.08. The first-order valence-electron chi connectivity index (χ1n) is 6.08. The first kappa shape index (κ1) is 9.17. The number of hydrogen-bond donors (Lipinski definition) is 1. The van der Waals surface area contributed by atoms with Gasteiger partial charge in [-0.05, 0) is 50.5 Å². The molecular weight excluding hydrogens is 174 g/mol. The number of likely N-dealkylation sites (tertiary alicyclic amines) is 1. The SMILES string of the molecule is CN1CCC(O)(C2CC3CCC2C3)C1. The first-order valence-corrected chi connectivity index (χ1v) is 6.08. The van der Waals surface area contributed by atoms with Gasteiger partial charge in [0.2, 0.25) is 0 Å². The molecule has 2 bridgehead atoms. The van der Waals surface area contributed by atoms with Gasteiger partial charge in [0.05, 0.1) is 5.60 Å². The number of rotatable bonds is 1. The Bertz CT molecular complexity index is 242. The molecule has 2 aliphatic carbocycles. The predicted octanol–water partition coefficient (Wildman–Crippen LogP) is 1.49. The standard InChI is InChI=1S/C12H21NO/c1-13-5-4-12(14,8-13)11-7-9-2-3-10(11)6-9/h9-11,14H,2-8H2,1H3. The van der Waals surface area contributed by atoms with Crippen molar-refractivity contribution in [3.8, 4) is 0 Å². The molecule has 80 valence electrons. The fourth-order valence-corrected chi connectivity index (χ4v) is 4.22. The highest BCUT2D eigenvalue weighted by Gasteiger charge is 2.51. The van der Waals surface area contributed by atoms with Crippen LogP contribution in [0.2, 0.25) is 0 Å². The highest BCUT2D eigenvalue weighted by atomic mass is 16.3. The van der Waals surface area contributed by atoms with Crippen molar-refractivity contribution in [1.29, 1.82) is 0 Å². The van der Waals surface area contributed by atoms with E-state index in [1.54, 1.807) is 0 Å². The Morgan fingerprint density at radius 3 is 2.64 bits per heavy atom. The Morgan fingerprint density at radius 2 is 2.14 bits per heavy atom. The summed E-state index contributed by atoms with van der Waals surface area (Å²) in [5, 5.41) is 10.6. The third-order valence-electron chi connectivity index (χ3n) is 4.90. The second-order valence-electron chi connectivity index (χ2n) is 5.87. The fraction of sp³-hybridized carbons (Fsp3) is 1.00. The normalized spacial score (nSPS) is 53.1. The molecule has 1 heterocycles. The predicted molar refractivity (Wildman–Crippen MR) is 56.0 cm³/mol. The van der Waals surface area contributed by atoms with E-state index in [-0.39, 0.29) is 5.60 Å². The lowest BCUT2D eigenvalue weighted by Crippen LogP contribution is -2.42. The molecule has 1 N–H and O–H groups in total. The van der Waals surface area contributed by atoms with Gasteiger partial charge in [0.15, 0.2) is 0 Å². The van der Waals surface area contributed by atoms with E-state index in [4.69, 9.17) is 0 Å². The minimum atomic E-state index is -0.325. The number of likely N-dealkylation sites (N-methyl/N-ethyl adjacent to an activating group) is 1. The summed E-state index contributed by atoms with van der Waals surface area (Å²) in [5.41, 5.74) is -0.325. The molecule has 14 heavy (non-hydrogen) atoms. The topological polar surface area (TPSA) is 23.5 Å². The van der Waals surface area contributed by atoms with Crippen LogP contribution < -0.4 is 0 Å². The molecule has 1 aliphatic heterocycles. The molecular formula is C12H21NO. The van der Waals surface area contributed by atoms with Crippen molar-refractivity contribution in [3.63, 3.8) is 0 Å². The monoisotopic (exact) mass is 195 g/mol. The summed E-state index contributed by atoms with van der Waals surface area (Å²) in [6.07, 6.45) is 6.57. The van der Waals surface area contributed by atoms with E-state index in [1.165, 1.54) is 25.7 Å². The van der Waals surface area contributed by atoms with Crippen molar-refractivity contribution in [2.75, 3.05) is 20.1 Å². The molecule has 0 radical (unpaired) electrons. The van der Waals surface area contributed by atoms with Crippen molar-refractivity contribution in [3.05, 3.63) is 0 Å². The molecule has 4 unspecified atom stereocenters. The lowest BCUT2D eigenvalue weighted by Gasteiger charge is -2.35. The molecule has 0 spiro atoms. The van der Waals surface area contributed by atoms with Crippen LogP contribution in [-0.2, 0) is 0 Å². The lowest BCUT2D eigenvalue weighted by atomic mass is 9.76. The van der Waals surface area contributed by atoms with Gasteiger partial charge in [-0.25, -0.2) is 0 Å². The average molecular weight is 195 g/mol. The molecule has 2 heteroatoms. The Labute approximate surface area is 86.3 Å². The zero-order valence-corrected chi connectivity index (χ0v) is 9.08. The average Bonchev–Trinajstić information content (AvgIpc) is 2.80. The Kier molecular flexibility index (Phi) is 1.94. The van der Waals surface area contributed by atoms with E-state index in [0.717, 1.165) is 31.3 Å². The van der Waals surface area contributed by atoms with Crippen molar-refractivity contribution >= 4 is 0 Å². The van der Waals surface area contributed by atoms with Crippen LogP contribution in [0.5, 0.6) is 0 Å². The van der Waals surface area contributed by atoms with Crippen molar-refractivity contribution < 1.29 is 5.11 Å². The summed E-state index contributed by atoms with van der Waals surface area (Å²) in [5.74, 6) is 2.45. The van der Waals surface area contributed by atoms with Crippen molar-refractivity contribution in [1.82, 2.24) is 4.90 Å². The molecule has 2 saturated carbocycles. The summed E-state index contributed by atoms with van der Waals surface area (Å²) in [4.78, 5) is 2.28. The van der Waals surface area contributed by atoms with Crippen molar-refractivity contribution in [2.45, 2.75) is 37.7 Å². The molecule has 1 saturated heterocycles. The van der Waals surface area contributed by atoms with Gasteiger partial charge in [-0.1, -0.05) is 6.42 Å². The van der Waals surface area contributed by atoms with Crippen LogP contribution in [0.4, 0.5) is 0 Å². The van der Waals surface area contributed by atoms with E-state index in [1.807, 2.05) is 0 Å². The molecule has 4 atom stereocenters. The van der Waals surface area contributed by atoms with E-state index in [2.05, 4.69) is 11.9 Å². The van der Waals surface area contributed by atoms with Crippen LogP contribution in [0.25, 0.3) is 0 Å². The van der Waals surface area contributed by atoms with Crippen LogP contribution in [0.1, 0.15) is 32.1 Å². The largest absolute Gasteiger partial charge is 0.388 e. The third kappa shape index (κ3) is 1.24. The smallest absolute Gasteiger partial charge is 0.0816 e. The fourth-order valence-electron chi connectivity index (χ4n) is 4.22. The maximum absolute atomic E-state index is 10.6. The Morgan fingerprint density at radius 1 is 1.29 bits per heavy atom. The summed E-state index contributed by atoms with van der Waals surface area (Å²) in [6, 6.07) is 0. The van der Waals surface area contributed by atoms with E-state index < -0.39 is 0 Å². The summed E-state index contributed by atoms with van der Waals surface area (Å²) in [7, 11) is 2.13. The highest BCUT2D eigenvalue weighted by Crippen LogP contribution is 2.53. The van der Waals surface area contributed by atoms with E-state index >= 15 is 0 Å². The van der Waals surface area contributed by atoms with Crippen LogP contribution >= 0.6 is 0 Å². The molecule has 0 aromatic carbocycles. The molecule has 0 aromatic heterocycles. The summed E-state index contributed by atoms with van der Waals surface area (Å²) >= 11 is 0. The lowest BCUT2D eigenvalue weighted by molar-refractivity contribution is -0.0296. The number of aliphatic hydroxyl groups is 1. The van der Waals surface area contributed by atoms with Gasteiger partial charge in [-0.3, -0.25) is 0 Å². The van der Waals surface area contributed by atoms with Gasteiger partial charge in [0, 0.05) is 13.1 Å². The maximum Gasteiger partial charge on any atom is 0.0816 e. The highest BCUT2D eigenvalue weighted by molar-refractivity contribution is 5.03. The summed E-state index contributed by atoms with van der Waals surface area (Å²) < 4.78 is 0. The van der Waals surface area contributed by atoms with Crippen LogP contribution in [0, 0.1) is 17.8 Å². The van der Waals surface area contributed by atoms with Gasteiger partial charge in [0.25, 0.3) is 0 Å². The zero-order chi connectivity index (χ0) is 9.76. The van der Waals surface area contributed by atoms with Gasteiger partial charge in [-0.2, -0.15) is 0 Å². The van der Waals surface area contributed by atoms with Gasteiger partial charge in [-0.15, -0.1) is 0 Å². The minimum absolute atomic E-state index is 0.325. The first-order chi connectivity index (χ1) is 6.67. The second kappa shape index (κ2) is 2.96. The molecule has 0 aromatic rings. The van der Waals surface area contributed by atoms with Gasteiger partial charge in [0.1, 0.15) is 0 Å². The quantitative estimate of drug-likeness (QED) is 0.685. The van der Waals surface area contributed by atoms with E-state index in [0.29, 0.717) is 5.92 Å². The Hall–Kier alpha value is -0.0800. The Balaban J connectivity index is 1.76. The molecule has 3 fully saturated rings. The number of fused-ring (bicyclic) bond motifs is 2. The van der Waals surface area contributed by atoms with Gasteiger partial charge >= 0.3 is 0 Å². The van der Waals surface area contributed by atoms with E-state index in [9.17, 15) is 5.11 Å².